The van der Waals surface area contributed by atoms with E-state index in [1.807, 2.05) is 79.8 Å². The van der Waals surface area contributed by atoms with E-state index in [0.717, 1.165) is 46.5 Å². The minimum atomic E-state index is -2.34. The molecule has 2 N–H and O–H groups in total. The Morgan fingerprint density at radius 3 is 2.15 bits per heavy atom. The molecule has 4 atom stereocenters. The van der Waals surface area contributed by atoms with Crippen molar-refractivity contribution < 1.29 is 41.3 Å². The number of hydrogen-bond donors (Lipinski definition) is 2. The molecule has 4 aromatic carbocycles. The zero-order chi connectivity index (χ0) is 37.6. The maximum Gasteiger partial charge on any atom is 0.257 e. The first-order valence-electron chi connectivity index (χ1n) is 17.1. The Morgan fingerprint density at radius 1 is 0.792 bits per heavy atom. The zero-order valence-corrected chi connectivity index (χ0v) is 29.0. The fraction of sp³-hybridized carbons (Fsp3) is 0.268. The first-order chi connectivity index (χ1) is 25.5. The maximum atomic E-state index is 14.2. The second-order valence-electron chi connectivity index (χ2n) is 13.1. The van der Waals surface area contributed by atoms with E-state index in [-0.39, 0.29) is 31.3 Å². The molecule has 1 aromatic heterocycles. The standard InChI is InChI=1S/C41H38F5N3O4/c1-24-32(22-49(2)18-16-31-11-3-4-17-47-31)52-41(53-39(24)27-14-12-25(23-50)13-15-27)30-10-6-9-29(20-30)28-8-5-7-26(19-28)21-48-40(51)33-34(42)36(44)38(46)37(45)35(33)43/h3-15,17,19-20,24,32,39,41,50H,16,18,21-23H2,1-2H3,(H,48,51)/t24-,32+,39+,41+/m1/s1. The molecule has 0 saturated carbocycles. The highest BCUT2D eigenvalue weighted by Gasteiger charge is 2.39. The average Bonchev–Trinajstić information content (AvgIpc) is 3.19. The number of amides is 1. The second-order valence-corrected chi connectivity index (χ2v) is 13.1. The summed E-state index contributed by atoms with van der Waals surface area (Å²) in [4.78, 5) is 19.2. The molecule has 12 heteroatoms. The lowest BCUT2D eigenvalue weighted by atomic mass is 9.90. The number of aromatic nitrogens is 1. The topological polar surface area (TPSA) is 83.9 Å². The Hall–Kier alpha value is -5.01. The predicted octanol–water partition coefficient (Wildman–Crippen LogP) is 7.83. The van der Waals surface area contributed by atoms with Gasteiger partial charge in [0.1, 0.15) is 5.56 Å². The summed E-state index contributed by atoms with van der Waals surface area (Å²) < 4.78 is 82.5. The largest absolute Gasteiger partial charge is 0.392 e. The van der Waals surface area contributed by atoms with E-state index in [1.165, 1.54) is 0 Å². The number of aliphatic hydroxyl groups excluding tert-OH is 1. The van der Waals surface area contributed by atoms with Crippen molar-refractivity contribution in [3.63, 3.8) is 0 Å². The summed E-state index contributed by atoms with van der Waals surface area (Å²) in [6, 6.07) is 28.1. The fourth-order valence-corrected chi connectivity index (χ4v) is 6.38. The lowest BCUT2D eigenvalue weighted by molar-refractivity contribution is -0.275. The van der Waals surface area contributed by atoms with Crippen molar-refractivity contribution in [2.75, 3.05) is 20.1 Å². The molecule has 7 nitrogen and oxygen atoms in total. The number of hydrogen-bond acceptors (Lipinski definition) is 6. The molecule has 1 aliphatic rings. The molecule has 276 valence electrons. The molecule has 5 aromatic rings. The van der Waals surface area contributed by atoms with Crippen LogP contribution in [0.2, 0.25) is 0 Å². The van der Waals surface area contributed by atoms with Crippen LogP contribution in [0.3, 0.4) is 0 Å². The van der Waals surface area contributed by atoms with Gasteiger partial charge in [-0.3, -0.25) is 9.78 Å². The number of nitrogens with one attached hydrogen (secondary N) is 1. The molecular formula is C41H38F5N3O4. The molecule has 0 spiro atoms. The van der Waals surface area contributed by atoms with Gasteiger partial charge in [-0.25, -0.2) is 22.0 Å². The van der Waals surface area contributed by atoms with E-state index in [4.69, 9.17) is 9.47 Å². The van der Waals surface area contributed by atoms with Crippen molar-refractivity contribution in [2.24, 2.45) is 5.92 Å². The number of ether oxygens (including phenoxy) is 2. The third-order valence-electron chi connectivity index (χ3n) is 9.40. The van der Waals surface area contributed by atoms with E-state index < -0.39 is 46.8 Å². The fourth-order valence-electron chi connectivity index (χ4n) is 6.38. The average molecular weight is 732 g/mol. The van der Waals surface area contributed by atoms with Gasteiger partial charge in [-0.2, -0.15) is 0 Å². The van der Waals surface area contributed by atoms with Crippen molar-refractivity contribution in [2.45, 2.75) is 45.0 Å². The summed E-state index contributed by atoms with van der Waals surface area (Å²) in [5, 5.41) is 11.8. The smallest absolute Gasteiger partial charge is 0.257 e. The Bertz CT molecular complexity index is 2020. The van der Waals surface area contributed by atoms with Crippen LogP contribution in [0, 0.1) is 35.0 Å². The van der Waals surface area contributed by atoms with E-state index >= 15 is 0 Å². The summed E-state index contributed by atoms with van der Waals surface area (Å²) in [5.41, 5.74) is 4.01. The van der Waals surface area contributed by atoms with Crippen LogP contribution in [0.25, 0.3) is 11.1 Å². The van der Waals surface area contributed by atoms with Crippen LogP contribution in [-0.4, -0.2) is 47.1 Å². The van der Waals surface area contributed by atoms with E-state index in [1.54, 1.807) is 24.4 Å². The predicted molar refractivity (Wildman–Crippen MR) is 188 cm³/mol. The molecular weight excluding hydrogens is 693 g/mol. The first kappa shape index (κ1) is 37.7. The number of nitrogens with zero attached hydrogens (tertiary/aromatic N) is 2. The monoisotopic (exact) mass is 731 g/mol. The number of benzene rings is 4. The maximum absolute atomic E-state index is 14.2. The Kier molecular flexibility index (Phi) is 11.9. The van der Waals surface area contributed by atoms with Gasteiger partial charge in [0.15, 0.2) is 29.6 Å². The molecule has 1 fully saturated rings. The summed E-state index contributed by atoms with van der Waals surface area (Å²) in [5.74, 6) is -12.6. The van der Waals surface area contributed by atoms with Crippen molar-refractivity contribution in [1.82, 2.24) is 15.2 Å². The van der Waals surface area contributed by atoms with Crippen LogP contribution in [0.1, 0.15) is 57.6 Å². The first-order valence-corrected chi connectivity index (χ1v) is 17.1. The van der Waals surface area contributed by atoms with Crippen LogP contribution < -0.4 is 5.32 Å². The molecule has 6 rings (SSSR count). The van der Waals surface area contributed by atoms with Crippen LogP contribution in [0.5, 0.6) is 0 Å². The molecule has 2 heterocycles. The number of carbonyl (C=O) groups excluding carboxylic acids is 1. The highest BCUT2D eigenvalue weighted by Crippen LogP contribution is 2.42. The Balaban J connectivity index is 1.20. The summed E-state index contributed by atoms with van der Waals surface area (Å²) in [7, 11) is 2.05. The number of pyridine rings is 1. The number of likely N-dealkylation sites (N-methyl/N-ethyl adjacent to an activating group) is 1. The Morgan fingerprint density at radius 2 is 1.47 bits per heavy atom. The van der Waals surface area contributed by atoms with Gasteiger partial charge in [0.25, 0.3) is 5.91 Å². The molecule has 1 amide bonds. The van der Waals surface area contributed by atoms with Gasteiger partial charge < -0.3 is 24.8 Å². The van der Waals surface area contributed by atoms with Gasteiger partial charge >= 0.3 is 0 Å². The van der Waals surface area contributed by atoms with Crippen LogP contribution >= 0.6 is 0 Å². The Labute approximate surface area is 304 Å². The number of halogens is 5. The molecule has 0 aliphatic carbocycles. The number of aliphatic hydroxyl groups is 1. The van der Waals surface area contributed by atoms with Crippen LogP contribution in [0.4, 0.5) is 22.0 Å². The molecule has 0 radical (unpaired) electrons. The molecule has 0 unspecified atom stereocenters. The lowest BCUT2D eigenvalue weighted by Gasteiger charge is -2.42. The van der Waals surface area contributed by atoms with Crippen molar-refractivity contribution in [1.29, 1.82) is 0 Å². The van der Waals surface area contributed by atoms with Gasteiger partial charge in [-0.05, 0) is 59.1 Å². The summed E-state index contributed by atoms with van der Waals surface area (Å²) in [6.07, 6.45) is 1.31. The van der Waals surface area contributed by atoms with Gasteiger partial charge in [-0.1, -0.05) is 73.7 Å². The minimum Gasteiger partial charge on any atom is -0.392 e. The SMILES string of the molecule is C[C@@H]1[C@H](CN(C)CCc2ccccn2)O[C@H](c2cccc(-c3cccc(CNC(=O)c4c(F)c(F)c(F)c(F)c4F)c3)c2)O[C@@H]1c1ccc(CO)cc1. The van der Waals surface area contributed by atoms with E-state index in [2.05, 4.69) is 22.1 Å². The zero-order valence-electron chi connectivity index (χ0n) is 29.0. The van der Waals surface area contributed by atoms with Gasteiger partial charge in [0.05, 0.1) is 18.8 Å². The van der Waals surface area contributed by atoms with Crippen molar-refractivity contribution in [3.05, 3.63) is 160 Å². The summed E-state index contributed by atoms with van der Waals surface area (Å²) in [6.45, 7) is 3.20. The third kappa shape index (κ3) is 8.63. The van der Waals surface area contributed by atoms with Gasteiger partial charge in [-0.15, -0.1) is 0 Å². The normalized spacial score (nSPS) is 18.7. The second kappa shape index (κ2) is 16.8. The van der Waals surface area contributed by atoms with E-state index in [9.17, 15) is 31.9 Å². The number of carbonyl (C=O) groups is 1. The molecule has 53 heavy (non-hydrogen) atoms. The van der Waals surface area contributed by atoms with Crippen molar-refractivity contribution >= 4 is 5.91 Å². The van der Waals surface area contributed by atoms with Gasteiger partial charge in [0.2, 0.25) is 5.82 Å². The number of rotatable bonds is 12. The quantitative estimate of drug-likeness (QED) is 0.0774. The van der Waals surface area contributed by atoms with E-state index in [0.29, 0.717) is 12.1 Å². The molecule has 1 saturated heterocycles. The van der Waals surface area contributed by atoms with Crippen LogP contribution in [-0.2, 0) is 29.0 Å². The minimum absolute atomic E-state index is 0.0246. The highest BCUT2D eigenvalue weighted by molar-refractivity contribution is 5.94. The highest BCUT2D eigenvalue weighted by atomic mass is 19.2. The summed E-state index contributed by atoms with van der Waals surface area (Å²) >= 11 is 0. The van der Waals surface area contributed by atoms with Crippen molar-refractivity contribution in [3.8, 4) is 11.1 Å². The van der Waals surface area contributed by atoms with Crippen LogP contribution in [0.15, 0.2) is 97.2 Å². The lowest BCUT2D eigenvalue weighted by Crippen LogP contribution is -2.43. The molecule has 1 aliphatic heterocycles. The van der Waals surface area contributed by atoms with Gasteiger partial charge in [0, 0.05) is 49.4 Å². The molecule has 0 bridgehead atoms. The third-order valence-corrected chi connectivity index (χ3v) is 9.40.